The van der Waals surface area contributed by atoms with Crippen molar-refractivity contribution in [2.75, 3.05) is 31.5 Å². The van der Waals surface area contributed by atoms with Gasteiger partial charge >= 0.3 is 6.03 Å². The lowest BCUT2D eigenvalue weighted by molar-refractivity contribution is 0.0614. The molecule has 1 fully saturated rings. The van der Waals surface area contributed by atoms with E-state index in [2.05, 4.69) is 24.1 Å². The molecule has 2 rings (SSSR count). The SMILES string of the molecule is CCCN(CCC)C1CN(C(=O)Nc2ccccc2)C1. The molecule has 2 amide bonds. The average Bonchev–Trinajstić information content (AvgIpc) is 2.38. The van der Waals surface area contributed by atoms with E-state index >= 15 is 0 Å². The molecule has 0 radical (unpaired) electrons. The number of benzene rings is 1. The summed E-state index contributed by atoms with van der Waals surface area (Å²) in [5.74, 6) is 0. The Morgan fingerprint density at radius 1 is 1.20 bits per heavy atom. The van der Waals surface area contributed by atoms with Gasteiger partial charge < -0.3 is 10.2 Å². The van der Waals surface area contributed by atoms with Crippen LogP contribution >= 0.6 is 0 Å². The second-order valence-corrected chi connectivity index (χ2v) is 5.39. The van der Waals surface area contributed by atoms with Crippen molar-refractivity contribution < 1.29 is 4.79 Å². The normalized spacial score (nSPS) is 15.2. The van der Waals surface area contributed by atoms with Crippen LogP contribution in [0.15, 0.2) is 30.3 Å². The Morgan fingerprint density at radius 3 is 2.35 bits per heavy atom. The Bertz CT molecular complexity index is 409. The van der Waals surface area contributed by atoms with Gasteiger partial charge in [-0.05, 0) is 38.1 Å². The van der Waals surface area contributed by atoms with E-state index in [-0.39, 0.29) is 6.03 Å². The average molecular weight is 275 g/mol. The number of hydrogen-bond acceptors (Lipinski definition) is 2. The highest BCUT2D eigenvalue weighted by Crippen LogP contribution is 2.17. The Hall–Kier alpha value is -1.55. The van der Waals surface area contributed by atoms with Crippen molar-refractivity contribution in [3.05, 3.63) is 30.3 Å². The third-order valence-electron chi connectivity index (χ3n) is 3.71. The van der Waals surface area contributed by atoms with Gasteiger partial charge in [0.05, 0.1) is 0 Å². The number of likely N-dealkylation sites (tertiary alicyclic amines) is 1. The molecule has 0 atom stereocenters. The first-order valence-electron chi connectivity index (χ1n) is 7.59. The first kappa shape index (κ1) is 14.9. The monoisotopic (exact) mass is 275 g/mol. The highest BCUT2D eigenvalue weighted by atomic mass is 16.2. The van der Waals surface area contributed by atoms with Crippen molar-refractivity contribution in [2.45, 2.75) is 32.7 Å². The van der Waals surface area contributed by atoms with Crippen molar-refractivity contribution in [3.63, 3.8) is 0 Å². The third-order valence-corrected chi connectivity index (χ3v) is 3.71. The van der Waals surface area contributed by atoms with Gasteiger partial charge in [0.2, 0.25) is 0 Å². The molecule has 0 spiro atoms. The maximum absolute atomic E-state index is 12.1. The highest BCUT2D eigenvalue weighted by Gasteiger charge is 2.34. The summed E-state index contributed by atoms with van der Waals surface area (Å²) in [5, 5.41) is 2.94. The van der Waals surface area contributed by atoms with Crippen molar-refractivity contribution >= 4 is 11.7 Å². The molecular formula is C16H25N3O. The molecule has 0 unspecified atom stereocenters. The molecule has 1 heterocycles. The number of carbonyl (C=O) groups excluding carboxylic acids is 1. The van der Waals surface area contributed by atoms with Gasteiger partial charge in [-0.2, -0.15) is 0 Å². The summed E-state index contributed by atoms with van der Waals surface area (Å²) in [4.78, 5) is 16.5. The fourth-order valence-electron chi connectivity index (χ4n) is 2.63. The lowest BCUT2D eigenvalue weighted by Crippen LogP contribution is -2.62. The van der Waals surface area contributed by atoms with Crippen LogP contribution in [0, 0.1) is 0 Å². The van der Waals surface area contributed by atoms with Crippen LogP contribution in [0.5, 0.6) is 0 Å². The van der Waals surface area contributed by atoms with Gasteiger partial charge in [-0.3, -0.25) is 4.90 Å². The highest BCUT2D eigenvalue weighted by molar-refractivity contribution is 5.89. The molecular weight excluding hydrogens is 250 g/mol. The minimum absolute atomic E-state index is 0.0143. The molecule has 20 heavy (non-hydrogen) atoms. The fraction of sp³-hybridized carbons (Fsp3) is 0.562. The number of urea groups is 1. The van der Waals surface area contributed by atoms with E-state index in [1.807, 2.05) is 35.2 Å². The molecule has 1 saturated heterocycles. The van der Waals surface area contributed by atoms with E-state index in [0.717, 1.165) is 31.9 Å². The zero-order valence-corrected chi connectivity index (χ0v) is 12.5. The Morgan fingerprint density at radius 2 is 1.80 bits per heavy atom. The number of nitrogens with one attached hydrogen (secondary N) is 1. The molecule has 0 bridgehead atoms. The molecule has 0 aromatic heterocycles. The number of rotatable bonds is 6. The lowest BCUT2D eigenvalue weighted by atomic mass is 10.1. The van der Waals surface area contributed by atoms with Gasteiger partial charge in [0.15, 0.2) is 0 Å². The van der Waals surface area contributed by atoms with Gasteiger partial charge in [-0.25, -0.2) is 4.79 Å². The number of amides is 2. The Balaban J connectivity index is 1.78. The number of anilines is 1. The van der Waals surface area contributed by atoms with Crippen molar-refractivity contribution in [2.24, 2.45) is 0 Å². The van der Waals surface area contributed by atoms with E-state index in [1.54, 1.807) is 0 Å². The Kier molecular flexibility index (Phi) is 5.41. The van der Waals surface area contributed by atoms with Crippen molar-refractivity contribution in [1.29, 1.82) is 0 Å². The summed E-state index contributed by atoms with van der Waals surface area (Å²) in [6.45, 7) is 8.37. The van der Waals surface area contributed by atoms with Crippen LogP contribution in [0.25, 0.3) is 0 Å². The smallest absolute Gasteiger partial charge is 0.321 e. The zero-order valence-electron chi connectivity index (χ0n) is 12.5. The molecule has 110 valence electrons. The van der Waals surface area contributed by atoms with E-state index in [9.17, 15) is 4.79 Å². The maximum atomic E-state index is 12.1. The van der Waals surface area contributed by atoms with Gasteiger partial charge in [-0.15, -0.1) is 0 Å². The summed E-state index contributed by atoms with van der Waals surface area (Å²) in [7, 11) is 0. The number of para-hydroxylation sites is 1. The summed E-state index contributed by atoms with van der Waals surface area (Å²) >= 11 is 0. The van der Waals surface area contributed by atoms with Gasteiger partial charge in [0.25, 0.3) is 0 Å². The summed E-state index contributed by atoms with van der Waals surface area (Å²) in [6, 6.07) is 10.2. The van der Waals surface area contributed by atoms with E-state index in [1.165, 1.54) is 12.8 Å². The van der Waals surface area contributed by atoms with Crippen LogP contribution in [-0.2, 0) is 0 Å². The van der Waals surface area contributed by atoms with Crippen LogP contribution in [0.1, 0.15) is 26.7 Å². The van der Waals surface area contributed by atoms with E-state index in [4.69, 9.17) is 0 Å². The second kappa shape index (κ2) is 7.29. The number of hydrogen-bond donors (Lipinski definition) is 1. The quantitative estimate of drug-likeness (QED) is 0.866. The van der Waals surface area contributed by atoms with Crippen LogP contribution in [0.3, 0.4) is 0 Å². The number of carbonyl (C=O) groups is 1. The molecule has 1 aromatic carbocycles. The second-order valence-electron chi connectivity index (χ2n) is 5.39. The molecule has 1 N–H and O–H groups in total. The molecule has 1 aromatic rings. The van der Waals surface area contributed by atoms with Gasteiger partial charge in [0, 0.05) is 24.8 Å². The molecule has 1 aliphatic rings. The summed E-state index contributed by atoms with van der Waals surface area (Å²) in [5.41, 5.74) is 0.861. The van der Waals surface area contributed by atoms with Crippen molar-refractivity contribution in [3.8, 4) is 0 Å². The lowest BCUT2D eigenvalue weighted by Gasteiger charge is -2.45. The summed E-state index contributed by atoms with van der Waals surface area (Å²) in [6.07, 6.45) is 2.35. The predicted molar refractivity (Wildman–Crippen MR) is 83.0 cm³/mol. The molecule has 0 aliphatic carbocycles. The zero-order chi connectivity index (χ0) is 14.4. The molecule has 0 saturated carbocycles. The van der Waals surface area contributed by atoms with Gasteiger partial charge in [-0.1, -0.05) is 32.0 Å². The van der Waals surface area contributed by atoms with Gasteiger partial charge in [0.1, 0.15) is 0 Å². The first-order chi connectivity index (χ1) is 9.74. The Labute approximate surface area is 121 Å². The van der Waals surface area contributed by atoms with Crippen LogP contribution in [0.2, 0.25) is 0 Å². The predicted octanol–water partition coefficient (Wildman–Crippen LogP) is 3.02. The molecule has 1 aliphatic heterocycles. The van der Waals surface area contributed by atoms with Crippen molar-refractivity contribution in [1.82, 2.24) is 9.80 Å². The maximum Gasteiger partial charge on any atom is 0.321 e. The fourth-order valence-corrected chi connectivity index (χ4v) is 2.63. The van der Waals surface area contributed by atoms with E-state index in [0.29, 0.717) is 6.04 Å². The van der Waals surface area contributed by atoms with Crippen LogP contribution in [-0.4, -0.2) is 48.1 Å². The minimum atomic E-state index is 0.0143. The van der Waals surface area contributed by atoms with Crippen LogP contribution in [0.4, 0.5) is 10.5 Å². The van der Waals surface area contributed by atoms with Crippen LogP contribution < -0.4 is 5.32 Å². The third kappa shape index (κ3) is 3.73. The molecule has 4 heteroatoms. The largest absolute Gasteiger partial charge is 0.321 e. The standard InChI is InChI=1S/C16H25N3O/c1-3-10-18(11-4-2)15-12-19(13-15)16(20)17-14-8-6-5-7-9-14/h5-9,15H,3-4,10-13H2,1-2H3,(H,17,20). The van der Waals surface area contributed by atoms with E-state index < -0.39 is 0 Å². The summed E-state index contributed by atoms with van der Waals surface area (Å²) < 4.78 is 0. The topological polar surface area (TPSA) is 35.6 Å². The minimum Gasteiger partial charge on any atom is -0.321 e. The molecule has 4 nitrogen and oxygen atoms in total. The number of nitrogens with zero attached hydrogens (tertiary/aromatic N) is 2. The first-order valence-corrected chi connectivity index (χ1v) is 7.59.